The van der Waals surface area contributed by atoms with Gasteiger partial charge in [0.05, 0.1) is 0 Å². The zero-order chi connectivity index (χ0) is 15.8. The lowest BCUT2D eigenvalue weighted by atomic mass is 9.80. The summed E-state index contributed by atoms with van der Waals surface area (Å²) in [6.45, 7) is 4.32. The van der Waals surface area contributed by atoms with Gasteiger partial charge in [0.25, 0.3) is 0 Å². The van der Waals surface area contributed by atoms with Crippen molar-refractivity contribution in [2.75, 3.05) is 5.73 Å². The van der Waals surface area contributed by atoms with Crippen LogP contribution in [0.5, 0.6) is 0 Å². The van der Waals surface area contributed by atoms with Crippen molar-refractivity contribution in [3.63, 3.8) is 0 Å². The molecule has 0 saturated heterocycles. The summed E-state index contributed by atoms with van der Waals surface area (Å²) in [6.07, 6.45) is 2.99. The number of benzene rings is 1. The SMILES string of the molecule is CC1CCC(NS(=O)(=O)c2c(Br)cc(N)cc2Br)C(C)C1. The first kappa shape index (κ1) is 17.2. The van der Waals surface area contributed by atoms with E-state index in [1.165, 1.54) is 0 Å². The number of rotatable bonds is 3. The maximum Gasteiger partial charge on any atom is 0.243 e. The van der Waals surface area contributed by atoms with Gasteiger partial charge in [-0.05, 0) is 75.1 Å². The summed E-state index contributed by atoms with van der Waals surface area (Å²) >= 11 is 6.59. The molecule has 0 radical (unpaired) electrons. The van der Waals surface area contributed by atoms with Gasteiger partial charge in [-0.1, -0.05) is 13.8 Å². The van der Waals surface area contributed by atoms with E-state index >= 15 is 0 Å². The van der Waals surface area contributed by atoms with Gasteiger partial charge in [0, 0.05) is 20.7 Å². The highest BCUT2D eigenvalue weighted by atomic mass is 79.9. The van der Waals surface area contributed by atoms with Crippen LogP contribution in [0.2, 0.25) is 0 Å². The summed E-state index contributed by atoms with van der Waals surface area (Å²) in [6, 6.07) is 3.19. The lowest BCUT2D eigenvalue weighted by Gasteiger charge is -2.33. The monoisotopic (exact) mass is 438 g/mol. The molecule has 0 amide bonds. The molecule has 7 heteroatoms. The van der Waals surface area contributed by atoms with Crippen LogP contribution in [0.4, 0.5) is 5.69 Å². The lowest BCUT2D eigenvalue weighted by Crippen LogP contribution is -2.42. The molecule has 3 unspecified atom stereocenters. The van der Waals surface area contributed by atoms with Gasteiger partial charge in [0.1, 0.15) is 4.90 Å². The average molecular weight is 440 g/mol. The second-order valence-corrected chi connectivity index (χ2v) is 9.30. The van der Waals surface area contributed by atoms with E-state index < -0.39 is 10.0 Å². The summed E-state index contributed by atoms with van der Waals surface area (Å²) in [7, 11) is -3.59. The van der Waals surface area contributed by atoms with E-state index in [4.69, 9.17) is 5.73 Å². The Bertz CT molecular complexity index is 611. The van der Waals surface area contributed by atoms with Gasteiger partial charge < -0.3 is 5.73 Å². The number of sulfonamides is 1. The highest BCUT2D eigenvalue weighted by Gasteiger charge is 2.31. The van der Waals surface area contributed by atoms with E-state index in [2.05, 4.69) is 50.4 Å². The van der Waals surface area contributed by atoms with E-state index in [0.717, 1.165) is 19.3 Å². The molecule has 0 heterocycles. The van der Waals surface area contributed by atoms with E-state index in [9.17, 15) is 8.42 Å². The molecule has 1 saturated carbocycles. The van der Waals surface area contributed by atoms with Crippen LogP contribution in [0.25, 0.3) is 0 Å². The molecule has 4 nitrogen and oxygen atoms in total. The minimum Gasteiger partial charge on any atom is -0.399 e. The predicted molar refractivity (Wildman–Crippen MR) is 92.5 cm³/mol. The van der Waals surface area contributed by atoms with Crippen LogP contribution < -0.4 is 10.5 Å². The topological polar surface area (TPSA) is 72.2 Å². The van der Waals surface area contributed by atoms with Crippen molar-refractivity contribution in [3.05, 3.63) is 21.1 Å². The minimum atomic E-state index is -3.59. The highest BCUT2D eigenvalue weighted by molar-refractivity contribution is 9.11. The zero-order valence-electron chi connectivity index (χ0n) is 12.1. The summed E-state index contributed by atoms with van der Waals surface area (Å²) in [4.78, 5) is 0.211. The molecular formula is C14H20Br2N2O2S. The first-order valence-corrected chi connectivity index (χ1v) is 10.0. The molecule has 1 aliphatic carbocycles. The third-order valence-electron chi connectivity index (χ3n) is 4.03. The van der Waals surface area contributed by atoms with Crippen LogP contribution in [0, 0.1) is 11.8 Å². The molecule has 0 bridgehead atoms. The fourth-order valence-corrected chi connectivity index (χ4v) is 6.93. The molecule has 118 valence electrons. The third-order valence-corrected chi connectivity index (χ3v) is 7.39. The Labute approximate surface area is 143 Å². The van der Waals surface area contributed by atoms with Crippen LogP contribution >= 0.6 is 31.9 Å². The van der Waals surface area contributed by atoms with Crippen molar-refractivity contribution in [1.29, 1.82) is 0 Å². The fourth-order valence-electron chi connectivity index (χ4n) is 2.93. The van der Waals surface area contributed by atoms with Crippen molar-refractivity contribution < 1.29 is 8.42 Å². The Kier molecular flexibility index (Phi) is 5.39. The molecule has 0 aliphatic heterocycles. The van der Waals surface area contributed by atoms with Crippen molar-refractivity contribution >= 4 is 47.6 Å². The quantitative estimate of drug-likeness (QED) is 0.701. The number of nitrogens with one attached hydrogen (secondary N) is 1. The van der Waals surface area contributed by atoms with E-state index in [-0.39, 0.29) is 10.9 Å². The molecule has 1 aromatic rings. The summed E-state index contributed by atoms with van der Waals surface area (Å²) in [5.74, 6) is 1.01. The van der Waals surface area contributed by atoms with Crippen molar-refractivity contribution in [3.8, 4) is 0 Å². The smallest absolute Gasteiger partial charge is 0.243 e. The fraction of sp³-hybridized carbons (Fsp3) is 0.571. The van der Waals surface area contributed by atoms with Gasteiger partial charge >= 0.3 is 0 Å². The molecule has 1 aromatic carbocycles. The molecular weight excluding hydrogens is 420 g/mol. The minimum absolute atomic E-state index is 0.0115. The number of hydrogen-bond donors (Lipinski definition) is 2. The number of nitrogens with two attached hydrogens (primary N) is 1. The van der Waals surface area contributed by atoms with Crippen LogP contribution in [0.15, 0.2) is 26.0 Å². The predicted octanol–water partition coefficient (Wildman–Crippen LogP) is 3.90. The van der Waals surface area contributed by atoms with E-state index in [0.29, 0.717) is 26.5 Å². The molecule has 0 spiro atoms. The van der Waals surface area contributed by atoms with Crippen molar-refractivity contribution in [1.82, 2.24) is 4.72 Å². The van der Waals surface area contributed by atoms with Gasteiger partial charge in [-0.25, -0.2) is 13.1 Å². The Morgan fingerprint density at radius 1 is 1.19 bits per heavy atom. The average Bonchev–Trinajstić information content (AvgIpc) is 2.30. The molecule has 0 aromatic heterocycles. The molecule has 3 N–H and O–H groups in total. The van der Waals surface area contributed by atoms with E-state index in [1.54, 1.807) is 12.1 Å². The van der Waals surface area contributed by atoms with Gasteiger partial charge in [-0.3, -0.25) is 0 Å². The highest BCUT2D eigenvalue weighted by Crippen LogP contribution is 2.34. The van der Waals surface area contributed by atoms with Crippen LogP contribution in [-0.2, 0) is 10.0 Å². The third kappa shape index (κ3) is 4.00. The number of anilines is 1. The number of halogens is 2. The second-order valence-electron chi connectivity index (χ2n) is 5.94. The van der Waals surface area contributed by atoms with Crippen LogP contribution in [-0.4, -0.2) is 14.5 Å². The van der Waals surface area contributed by atoms with Gasteiger partial charge in [0.2, 0.25) is 10.0 Å². The molecule has 1 fully saturated rings. The summed E-state index contributed by atoms with van der Waals surface area (Å²) in [5, 5.41) is 0. The second kappa shape index (κ2) is 6.56. The Balaban J connectivity index is 2.27. The standard InChI is InChI=1S/C14H20Br2N2O2S/c1-8-3-4-13(9(2)5-8)18-21(19,20)14-11(15)6-10(17)7-12(14)16/h6-9,13,18H,3-5,17H2,1-2H3. The van der Waals surface area contributed by atoms with Crippen molar-refractivity contribution in [2.45, 2.75) is 44.0 Å². The van der Waals surface area contributed by atoms with Crippen LogP contribution in [0.1, 0.15) is 33.1 Å². The molecule has 1 aliphatic rings. The molecule has 21 heavy (non-hydrogen) atoms. The number of nitrogen functional groups attached to an aromatic ring is 1. The largest absolute Gasteiger partial charge is 0.399 e. The summed E-state index contributed by atoms with van der Waals surface area (Å²) < 4.78 is 29.1. The molecule has 2 rings (SSSR count). The van der Waals surface area contributed by atoms with Gasteiger partial charge in [0.15, 0.2) is 0 Å². The Morgan fingerprint density at radius 2 is 1.76 bits per heavy atom. The van der Waals surface area contributed by atoms with Gasteiger partial charge in [-0.2, -0.15) is 0 Å². The Hall–Kier alpha value is -0.110. The maximum absolute atomic E-state index is 12.7. The van der Waals surface area contributed by atoms with Gasteiger partial charge in [-0.15, -0.1) is 0 Å². The first-order valence-electron chi connectivity index (χ1n) is 6.97. The maximum atomic E-state index is 12.7. The Morgan fingerprint density at radius 3 is 2.29 bits per heavy atom. The van der Waals surface area contributed by atoms with Crippen LogP contribution in [0.3, 0.4) is 0 Å². The first-order chi connectivity index (χ1) is 9.70. The normalized spacial score (nSPS) is 26.8. The zero-order valence-corrected chi connectivity index (χ0v) is 16.1. The molecule has 3 atom stereocenters. The number of hydrogen-bond acceptors (Lipinski definition) is 3. The van der Waals surface area contributed by atoms with Crippen molar-refractivity contribution in [2.24, 2.45) is 11.8 Å². The summed E-state index contributed by atoms with van der Waals surface area (Å²) in [5.41, 5.74) is 6.22. The lowest BCUT2D eigenvalue weighted by molar-refractivity contribution is 0.249. The van der Waals surface area contributed by atoms with E-state index in [1.807, 2.05) is 0 Å².